The Bertz CT molecular complexity index is 1020. The fraction of sp³-hybridized carbons (Fsp3) is 0.333. The Morgan fingerprint density at radius 2 is 2.30 bits per heavy atom. The molecule has 1 saturated heterocycles. The fourth-order valence-electron chi connectivity index (χ4n) is 3.29. The number of nitrogens with zero attached hydrogens (tertiary/aromatic N) is 4. The average Bonchev–Trinajstić information content (AvgIpc) is 3.13. The number of anilines is 1. The van der Waals surface area contributed by atoms with Crippen molar-refractivity contribution >= 4 is 44.0 Å². The van der Waals surface area contributed by atoms with Crippen molar-refractivity contribution in [1.82, 2.24) is 19.3 Å². The molecule has 7 nitrogen and oxygen atoms in total. The first-order valence-electron chi connectivity index (χ1n) is 8.69. The summed E-state index contributed by atoms with van der Waals surface area (Å²) < 4.78 is 2.42. The molecule has 0 radical (unpaired) electrons. The predicted octanol–water partition coefficient (Wildman–Crippen LogP) is 2.76. The number of hydrogen-bond donors (Lipinski definition) is 1. The molecule has 4 heterocycles. The van der Waals surface area contributed by atoms with Crippen molar-refractivity contribution in [2.45, 2.75) is 19.4 Å². The van der Waals surface area contributed by atoms with Gasteiger partial charge in [-0.2, -0.15) is 0 Å². The highest BCUT2D eigenvalue weighted by atomic mass is 79.9. The Balaban J connectivity index is 1.41. The van der Waals surface area contributed by atoms with E-state index >= 15 is 0 Å². The lowest BCUT2D eigenvalue weighted by Crippen LogP contribution is -2.40. The van der Waals surface area contributed by atoms with Gasteiger partial charge in [-0.25, -0.2) is 9.97 Å². The smallest absolute Gasteiger partial charge is 0.258 e. The van der Waals surface area contributed by atoms with Crippen molar-refractivity contribution in [2.75, 3.05) is 18.4 Å². The second kappa shape index (κ2) is 7.87. The van der Waals surface area contributed by atoms with Gasteiger partial charge in [0.1, 0.15) is 5.82 Å². The maximum atomic E-state index is 12.6. The minimum atomic E-state index is -0.101. The van der Waals surface area contributed by atoms with Crippen molar-refractivity contribution in [1.29, 1.82) is 0 Å². The van der Waals surface area contributed by atoms with E-state index in [-0.39, 0.29) is 17.4 Å². The highest BCUT2D eigenvalue weighted by Crippen LogP contribution is 2.20. The van der Waals surface area contributed by atoms with Crippen molar-refractivity contribution in [3.63, 3.8) is 0 Å². The molecule has 9 heteroatoms. The standard InChI is InChI=1S/C18H18BrN5O2S/c19-13-3-4-15(20-9-13)22-17(26)12-2-1-5-23(10-12)11-14-8-16(25)24-6-7-27-18(24)21-14/h3-4,6-9,12H,1-2,5,10-11H2,(H,20,22,26). The molecular weight excluding hydrogens is 430 g/mol. The Labute approximate surface area is 168 Å². The van der Waals surface area contributed by atoms with E-state index in [1.165, 1.54) is 11.3 Å². The average molecular weight is 448 g/mol. The van der Waals surface area contributed by atoms with Crippen LogP contribution in [0.25, 0.3) is 4.96 Å². The third kappa shape index (κ3) is 4.26. The number of amides is 1. The number of nitrogens with one attached hydrogen (secondary N) is 1. The molecule has 27 heavy (non-hydrogen) atoms. The molecule has 0 saturated carbocycles. The monoisotopic (exact) mass is 447 g/mol. The Kier molecular flexibility index (Phi) is 5.33. The SMILES string of the molecule is O=C(Nc1ccc(Br)cn1)C1CCCN(Cc2cc(=O)n3ccsc3n2)C1. The summed E-state index contributed by atoms with van der Waals surface area (Å²) in [4.78, 5) is 36.4. The number of fused-ring (bicyclic) bond motifs is 1. The van der Waals surface area contributed by atoms with Crippen LogP contribution in [-0.4, -0.2) is 38.3 Å². The van der Waals surface area contributed by atoms with Gasteiger partial charge in [0.2, 0.25) is 5.91 Å². The molecule has 0 spiro atoms. The molecule has 0 aliphatic carbocycles. The lowest BCUT2D eigenvalue weighted by Gasteiger charge is -2.31. The lowest BCUT2D eigenvalue weighted by molar-refractivity contribution is -0.121. The minimum absolute atomic E-state index is 0.0174. The van der Waals surface area contributed by atoms with Gasteiger partial charge in [-0.05, 0) is 47.4 Å². The first-order valence-corrected chi connectivity index (χ1v) is 10.4. The number of thiazole rings is 1. The second-order valence-electron chi connectivity index (χ2n) is 6.57. The van der Waals surface area contributed by atoms with Crippen molar-refractivity contribution in [3.8, 4) is 0 Å². The molecule has 3 aromatic rings. The molecule has 1 fully saturated rings. The molecule has 1 atom stereocenters. The van der Waals surface area contributed by atoms with Gasteiger partial charge in [0, 0.05) is 41.4 Å². The van der Waals surface area contributed by atoms with E-state index in [1.807, 2.05) is 11.4 Å². The summed E-state index contributed by atoms with van der Waals surface area (Å²) in [5.41, 5.74) is 0.682. The van der Waals surface area contributed by atoms with Crippen molar-refractivity contribution in [3.05, 3.63) is 56.5 Å². The Morgan fingerprint density at radius 1 is 1.41 bits per heavy atom. The van der Waals surface area contributed by atoms with E-state index in [1.54, 1.807) is 28.9 Å². The molecule has 1 amide bonds. The van der Waals surface area contributed by atoms with Crippen LogP contribution in [0.3, 0.4) is 0 Å². The van der Waals surface area contributed by atoms with Crippen LogP contribution in [0.4, 0.5) is 5.82 Å². The molecule has 3 aromatic heterocycles. The van der Waals surface area contributed by atoms with Gasteiger partial charge in [-0.1, -0.05) is 0 Å². The summed E-state index contributed by atoms with van der Waals surface area (Å²) in [7, 11) is 0. The van der Waals surface area contributed by atoms with Crippen LogP contribution in [-0.2, 0) is 11.3 Å². The zero-order valence-corrected chi connectivity index (χ0v) is 16.9. The van der Waals surface area contributed by atoms with E-state index < -0.39 is 0 Å². The zero-order valence-electron chi connectivity index (χ0n) is 14.5. The number of carbonyl (C=O) groups excluding carboxylic acids is 1. The van der Waals surface area contributed by atoms with Crippen LogP contribution in [0.15, 0.2) is 45.2 Å². The second-order valence-corrected chi connectivity index (χ2v) is 8.36. The van der Waals surface area contributed by atoms with Gasteiger partial charge in [-0.15, -0.1) is 11.3 Å². The number of carbonyl (C=O) groups is 1. The van der Waals surface area contributed by atoms with E-state index in [0.717, 1.165) is 29.6 Å². The normalized spacial score (nSPS) is 17.9. The van der Waals surface area contributed by atoms with Crippen LogP contribution in [0.1, 0.15) is 18.5 Å². The van der Waals surface area contributed by atoms with Gasteiger partial charge in [0.05, 0.1) is 11.6 Å². The molecular formula is C18H18BrN5O2S. The minimum Gasteiger partial charge on any atom is -0.310 e. The van der Waals surface area contributed by atoms with Crippen LogP contribution >= 0.6 is 27.3 Å². The van der Waals surface area contributed by atoms with Gasteiger partial charge in [0.25, 0.3) is 5.56 Å². The summed E-state index contributed by atoms with van der Waals surface area (Å²) in [6.45, 7) is 2.11. The molecule has 1 unspecified atom stereocenters. The van der Waals surface area contributed by atoms with E-state index in [2.05, 4.69) is 36.1 Å². The zero-order chi connectivity index (χ0) is 18.8. The third-order valence-corrected chi connectivity index (χ3v) is 5.82. The maximum Gasteiger partial charge on any atom is 0.258 e. The van der Waals surface area contributed by atoms with Gasteiger partial charge >= 0.3 is 0 Å². The molecule has 4 rings (SSSR count). The fourth-order valence-corrected chi connectivity index (χ4v) is 4.26. The predicted molar refractivity (Wildman–Crippen MR) is 108 cm³/mol. The van der Waals surface area contributed by atoms with Crippen molar-refractivity contribution < 1.29 is 4.79 Å². The quantitative estimate of drug-likeness (QED) is 0.664. The van der Waals surface area contributed by atoms with E-state index in [0.29, 0.717) is 23.9 Å². The van der Waals surface area contributed by atoms with Crippen molar-refractivity contribution in [2.24, 2.45) is 5.92 Å². The van der Waals surface area contributed by atoms with Crippen LogP contribution < -0.4 is 10.9 Å². The molecule has 0 aromatic carbocycles. The van der Waals surface area contributed by atoms with Gasteiger partial charge in [-0.3, -0.25) is 18.9 Å². The topological polar surface area (TPSA) is 79.6 Å². The van der Waals surface area contributed by atoms with Crippen LogP contribution in [0, 0.1) is 5.92 Å². The number of rotatable bonds is 4. The summed E-state index contributed by atoms with van der Waals surface area (Å²) in [6, 6.07) is 5.20. The molecule has 0 bridgehead atoms. The number of aromatic nitrogens is 3. The highest BCUT2D eigenvalue weighted by molar-refractivity contribution is 9.10. The van der Waals surface area contributed by atoms with Crippen LogP contribution in [0.2, 0.25) is 0 Å². The number of likely N-dealkylation sites (tertiary alicyclic amines) is 1. The summed E-state index contributed by atoms with van der Waals surface area (Å²) in [5.74, 6) is 0.435. The molecule has 1 aliphatic rings. The first-order chi connectivity index (χ1) is 13.1. The number of halogens is 1. The number of pyridine rings is 1. The van der Waals surface area contributed by atoms with Gasteiger partial charge < -0.3 is 5.32 Å². The number of piperidine rings is 1. The van der Waals surface area contributed by atoms with Gasteiger partial charge in [0.15, 0.2) is 4.96 Å². The number of hydrogen-bond acceptors (Lipinski definition) is 6. The molecule has 1 aliphatic heterocycles. The lowest BCUT2D eigenvalue weighted by atomic mass is 9.97. The maximum absolute atomic E-state index is 12.6. The summed E-state index contributed by atoms with van der Waals surface area (Å²) >= 11 is 4.78. The largest absolute Gasteiger partial charge is 0.310 e. The summed E-state index contributed by atoms with van der Waals surface area (Å²) in [5, 5.41) is 4.74. The Hall–Kier alpha value is -2.10. The first kappa shape index (κ1) is 18.3. The van der Waals surface area contributed by atoms with Crippen LogP contribution in [0.5, 0.6) is 0 Å². The molecule has 1 N–H and O–H groups in total. The van der Waals surface area contributed by atoms with E-state index in [4.69, 9.17) is 0 Å². The third-order valence-electron chi connectivity index (χ3n) is 4.60. The van der Waals surface area contributed by atoms with E-state index in [9.17, 15) is 9.59 Å². The molecule has 140 valence electrons. The summed E-state index contributed by atoms with van der Waals surface area (Å²) in [6.07, 6.45) is 5.18. The Morgan fingerprint density at radius 3 is 3.11 bits per heavy atom. The highest BCUT2D eigenvalue weighted by Gasteiger charge is 2.26.